The number of carboxylic acid groups (broad SMARTS) is 1. The molecule has 1 N–H and O–H groups in total. The van der Waals surface area contributed by atoms with E-state index in [1.165, 1.54) is 23.9 Å². The van der Waals surface area contributed by atoms with Gasteiger partial charge in [0, 0.05) is 30.4 Å². The van der Waals surface area contributed by atoms with E-state index in [1.54, 1.807) is 6.07 Å². The number of thioether (sulfide) groups is 1. The van der Waals surface area contributed by atoms with Crippen LogP contribution >= 0.6 is 11.8 Å². The minimum Gasteiger partial charge on any atom is -0.548 e. The number of benzene rings is 4. The fraction of sp³-hybridized carbons (Fsp3) is 0.297. The van der Waals surface area contributed by atoms with Gasteiger partial charge in [-0.1, -0.05) is 62.4 Å². The average molecular weight is 630 g/mol. The minimum atomic E-state index is -1.32. The van der Waals surface area contributed by atoms with Crippen molar-refractivity contribution in [1.82, 2.24) is 5.32 Å². The lowest BCUT2D eigenvalue weighted by atomic mass is 9.93. The summed E-state index contributed by atoms with van der Waals surface area (Å²) >= 11 is 1.50. The molecule has 0 saturated heterocycles. The van der Waals surface area contributed by atoms with Gasteiger partial charge in [-0.05, 0) is 101 Å². The highest BCUT2D eigenvalue weighted by Crippen LogP contribution is 2.33. The molecule has 0 heterocycles. The summed E-state index contributed by atoms with van der Waals surface area (Å²) in [5.41, 5.74) is 7.49. The average Bonchev–Trinajstić information content (AvgIpc) is 3.01. The maximum absolute atomic E-state index is 14.3. The number of carbonyl (C=O) groups is 2. The second-order valence-electron chi connectivity index (χ2n) is 11.1. The van der Waals surface area contributed by atoms with Crippen LogP contribution in [0.2, 0.25) is 0 Å². The molecule has 236 valence electrons. The lowest BCUT2D eigenvalue weighted by molar-refractivity contribution is -0.308. The van der Waals surface area contributed by atoms with E-state index < -0.39 is 29.6 Å². The molecule has 0 saturated carbocycles. The largest absolute Gasteiger partial charge is 0.548 e. The molecule has 0 unspecified atom stereocenters. The van der Waals surface area contributed by atoms with Gasteiger partial charge in [0.25, 0.3) is 5.91 Å². The van der Waals surface area contributed by atoms with E-state index in [2.05, 4.69) is 36.2 Å². The van der Waals surface area contributed by atoms with Gasteiger partial charge >= 0.3 is 0 Å². The topological polar surface area (TPSA) is 72.5 Å². The summed E-state index contributed by atoms with van der Waals surface area (Å²) < 4.78 is 28.5. The first-order valence-corrected chi connectivity index (χ1v) is 16.5. The number of nitrogens with zero attached hydrogens (tertiary/aromatic N) is 1. The molecule has 0 radical (unpaired) electrons. The number of hydrogen-bond acceptors (Lipinski definition) is 5. The summed E-state index contributed by atoms with van der Waals surface area (Å²) in [7, 11) is 0. The SMILES string of the molecule is CCc1cccc(CC)c1N(Cc1cc(F)cc(F)c1)Cc1ccc(C(=O)N[C@@H](CCSC)C(=O)[O-])c(-c2ccccc2C)c1. The molecule has 1 atom stereocenters. The third-order valence-electron chi connectivity index (χ3n) is 7.91. The van der Waals surface area contributed by atoms with Crippen molar-refractivity contribution in [2.45, 2.75) is 59.2 Å². The quantitative estimate of drug-likeness (QED) is 0.165. The summed E-state index contributed by atoms with van der Waals surface area (Å²) in [5.74, 6) is -2.51. The van der Waals surface area contributed by atoms with Gasteiger partial charge in [-0.15, -0.1) is 0 Å². The zero-order valence-electron chi connectivity index (χ0n) is 26.2. The minimum absolute atomic E-state index is 0.249. The Bertz CT molecular complexity index is 1620. The number of amides is 1. The van der Waals surface area contributed by atoms with Crippen LogP contribution in [0.1, 0.15) is 58.4 Å². The van der Waals surface area contributed by atoms with Crippen molar-refractivity contribution in [3.8, 4) is 11.1 Å². The normalized spacial score (nSPS) is 11.7. The van der Waals surface area contributed by atoms with E-state index in [0.717, 1.165) is 52.4 Å². The maximum atomic E-state index is 14.3. The van der Waals surface area contributed by atoms with E-state index in [1.807, 2.05) is 55.6 Å². The molecule has 0 aliphatic carbocycles. The first-order valence-electron chi connectivity index (χ1n) is 15.1. The maximum Gasteiger partial charge on any atom is 0.252 e. The van der Waals surface area contributed by atoms with Crippen LogP contribution in [0.3, 0.4) is 0 Å². The zero-order chi connectivity index (χ0) is 32.5. The second-order valence-corrected chi connectivity index (χ2v) is 12.1. The zero-order valence-corrected chi connectivity index (χ0v) is 27.0. The van der Waals surface area contributed by atoms with Crippen molar-refractivity contribution < 1.29 is 23.5 Å². The molecule has 0 fully saturated rings. The molecule has 4 aromatic rings. The smallest absolute Gasteiger partial charge is 0.252 e. The Kier molecular flexibility index (Phi) is 11.8. The number of para-hydroxylation sites is 1. The third-order valence-corrected chi connectivity index (χ3v) is 8.56. The van der Waals surface area contributed by atoms with Crippen LogP contribution in [0.15, 0.2) is 78.9 Å². The highest BCUT2D eigenvalue weighted by atomic mass is 32.2. The summed E-state index contributed by atoms with van der Waals surface area (Å²) in [6.45, 7) is 6.80. The van der Waals surface area contributed by atoms with Crippen molar-refractivity contribution in [3.05, 3.63) is 124 Å². The molecule has 4 rings (SSSR count). The Balaban J connectivity index is 1.81. The van der Waals surface area contributed by atoms with Crippen molar-refractivity contribution in [3.63, 3.8) is 0 Å². The Morgan fingerprint density at radius 1 is 0.844 bits per heavy atom. The Morgan fingerprint density at radius 2 is 1.49 bits per heavy atom. The number of nitrogens with one attached hydrogen (secondary N) is 1. The fourth-order valence-electron chi connectivity index (χ4n) is 5.68. The molecule has 4 aromatic carbocycles. The summed E-state index contributed by atoms with van der Waals surface area (Å²) in [6.07, 6.45) is 3.68. The molecule has 0 aliphatic heterocycles. The van der Waals surface area contributed by atoms with Crippen LogP contribution in [0.25, 0.3) is 11.1 Å². The van der Waals surface area contributed by atoms with Gasteiger partial charge in [-0.25, -0.2) is 8.78 Å². The first-order chi connectivity index (χ1) is 21.6. The van der Waals surface area contributed by atoms with Crippen molar-refractivity contribution >= 4 is 29.3 Å². The first kappa shape index (κ1) is 33.7. The van der Waals surface area contributed by atoms with Gasteiger partial charge in [0.1, 0.15) is 11.6 Å². The molecule has 1 amide bonds. The predicted octanol–water partition coefficient (Wildman–Crippen LogP) is 6.87. The van der Waals surface area contributed by atoms with Crippen molar-refractivity contribution in [2.75, 3.05) is 16.9 Å². The Labute approximate surface area is 268 Å². The fourth-order valence-corrected chi connectivity index (χ4v) is 6.16. The van der Waals surface area contributed by atoms with Crippen LogP contribution in [0.4, 0.5) is 14.5 Å². The number of anilines is 1. The van der Waals surface area contributed by atoms with Gasteiger partial charge < -0.3 is 20.1 Å². The lowest BCUT2D eigenvalue weighted by Gasteiger charge is -2.30. The third kappa shape index (κ3) is 8.51. The standard InChI is InChI=1S/C37H40F2N2O3S/c1-5-27-11-9-12-28(6-2)35(27)41(23-26-18-29(38)21-30(39)19-26)22-25-14-15-32(33(20-25)31-13-8-7-10-24(31)3)36(42)40-34(37(43)44)16-17-45-4/h7-15,18-21,34H,5-6,16-17,22-23H2,1-4H3,(H,40,42)(H,43,44)/p-1/t34-/m0/s1. The number of aryl methyl sites for hydroxylation is 3. The highest BCUT2D eigenvalue weighted by molar-refractivity contribution is 7.98. The Hall–Kier alpha value is -4.17. The molecule has 5 nitrogen and oxygen atoms in total. The number of halogens is 2. The van der Waals surface area contributed by atoms with Crippen LogP contribution < -0.4 is 15.3 Å². The number of aliphatic carboxylic acids is 1. The number of carboxylic acids is 1. The van der Waals surface area contributed by atoms with Crippen LogP contribution in [0, 0.1) is 18.6 Å². The molecule has 0 spiro atoms. The van der Waals surface area contributed by atoms with Crippen LogP contribution in [0.5, 0.6) is 0 Å². The van der Waals surface area contributed by atoms with Gasteiger partial charge in [-0.3, -0.25) is 4.79 Å². The van der Waals surface area contributed by atoms with Gasteiger partial charge in [0.15, 0.2) is 0 Å². The van der Waals surface area contributed by atoms with Crippen LogP contribution in [-0.2, 0) is 30.7 Å². The molecule has 8 heteroatoms. The van der Waals surface area contributed by atoms with Gasteiger partial charge in [0.05, 0.1) is 12.0 Å². The highest BCUT2D eigenvalue weighted by Gasteiger charge is 2.21. The van der Waals surface area contributed by atoms with E-state index in [0.29, 0.717) is 29.0 Å². The molecular formula is C37H39F2N2O3S-. The molecule has 0 bridgehead atoms. The number of rotatable bonds is 14. The van der Waals surface area contributed by atoms with Gasteiger partial charge in [-0.2, -0.15) is 11.8 Å². The summed E-state index contributed by atoms with van der Waals surface area (Å²) in [4.78, 5) is 27.5. The molecule has 45 heavy (non-hydrogen) atoms. The van der Waals surface area contributed by atoms with E-state index in [4.69, 9.17) is 0 Å². The van der Waals surface area contributed by atoms with E-state index in [-0.39, 0.29) is 13.0 Å². The Morgan fingerprint density at radius 3 is 2.09 bits per heavy atom. The van der Waals surface area contributed by atoms with E-state index in [9.17, 15) is 23.5 Å². The van der Waals surface area contributed by atoms with Crippen molar-refractivity contribution in [2.24, 2.45) is 0 Å². The molecule has 0 aliphatic rings. The van der Waals surface area contributed by atoms with Gasteiger partial charge in [0.2, 0.25) is 0 Å². The lowest BCUT2D eigenvalue weighted by Crippen LogP contribution is -2.48. The summed E-state index contributed by atoms with van der Waals surface area (Å²) in [6, 6.07) is 21.9. The molecule has 0 aromatic heterocycles. The second kappa shape index (κ2) is 15.7. The summed E-state index contributed by atoms with van der Waals surface area (Å²) in [5, 5.41) is 14.5. The molecular weight excluding hydrogens is 590 g/mol. The van der Waals surface area contributed by atoms with Crippen LogP contribution in [-0.4, -0.2) is 29.9 Å². The van der Waals surface area contributed by atoms with E-state index >= 15 is 0 Å². The number of carbonyl (C=O) groups excluding carboxylic acids is 2. The van der Waals surface area contributed by atoms with Crippen molar-refractivity contribution in [1.29, 1.82) is 0 Å². The monoisotopic (exact) mass is 629 g/mol. The predicted molar refractivity (Wildman–Crippen MR) is 177 cm³/mol. The number of hydrogen-bond donors (Lipinski definition) is 1.